The first kappa shape index (κ1) is 25.9. The number of aldehydes is 1. The molecule has 0 bridgehead atoms. The van der Waals surface area contributed by atoms with Crippen molar-refractivity contribution in [3.8, 4) is 11.1 Å². The quantitative estimate of drug-likeness (QED) is 0.127. The number of ketones is 1. The van der Waals surface area contributed by atoms with Crippen LogP contribution < -0.4 is 0 Å². The maximum absolute atomic E-state index is 13.5. The molecule has 0 aliphatic rings. The Kier molecular flexibility index (Phi) is 7.21. The zero-order valence-electron chi connectivity index (χ0n) is 22.8. The number of carbonyl (C=O) groups is 2. The molecule has 6 aromatic carbocycles. The van der Waals surface area contributed by atoms with Crippen molar-refractivity contribution in [3.63, 3.8) is 0 Å². The van der Waals surface area contributed by atoms with E-state index >= 15 is 0 Å². The molecule has 6 rings (SSSR count). The number of allylic oxidation sites excluding steroid dienone is 1. The van der Waals surface area contributed by atoms with Crippen LogP contribution in [-0.2, 0) is 0 Å². The predicted octanol–water partition coefficient (Wildman–Crippen LogP) is 10.0. The van der Waals surface area contributed by atoms with E-state index < -0.39 is 0 Å². The molecule has 0 spiro atoms. The zero-order valence-corrected chi connectivity index (χ0v) is 22.8. The van der Waals surface area contributed by atoms with Crippen LogP contribution in [-0.4, -0.2) is 12.1 Å². The highest BCUT2D eigenvalue weighted by Crippen LogP contribution is 2.31. The van der Waals surface area contributed by atoms with Crippen LogP contribution in [0.2, 0.25) is 0 Å². The Hall–Kier alpha value is -5.34. The van der Waals surface area contributed by atoms with Crippen LogP contribution in [0, 0.1) is 0 Å². The lowest BCUT2D eigenvalue weighted by Crippen LogP contribution is -2.05. The number of Topliss-reactive ketones (excluding diaryl/α,β-unsaturated/α-hetero) is 1. The van der Waals surface area contributed by atoms with Gasteiger partial charge in [-0.1, -0.05) is 115 Å². The first-order chi connectivity index (χ1) is 20.1. The van der Waals surface area contributed by atoms with Crippen molar-refractivity contribution >= 4 is 50.5 Å². The van der Waals surface area contributed by atoms with Crippen LogP contribution in [0.1, 0.15) is 33.2 Å². The van der Waals surface area contributed by atoms with Gasteiger partial charge in [0, 0.05) is 11.1 Å². The van der Waals surface area contributed by atoms with E-state index in [4.69, 9.17) is 0 Å². The Balaban J connectivity index is 1.46. The van der Waals surface area contributed by atoms with Gasteiger partial charge in [-0.2, -0.15) is 0 Å². The van der Waals surface area contributed by atoms with E-state index in [0.29, 0.717) is 16.7 Å². The molecule has 0 saturated heterocycles. The molecule has 196 valence electrons. The second kappa shape index (κ2) is 11.4. The number of rotatable bonds is 5. The number of hydrogen-bond donors (Lipinski definition) is 0. The van der Waals surface area contributed by atoms with Crippen LogP contribution in [0.5, 0.6) is 0 Å². The Bertz CT molecular complexity index is 2050. The molecule has 0 heterocycles. The molecule has 0 fully saturated rings. The predicted molar refractivity (Wildman–Crippen MR) is 172 cm³/mol. The van der Waals surface area contributed by atoms with Crippen LogP contribution in [0.4, 0.5) is 0 Å². The standard InChI is InChI=1S/C39H28O2/c1-27(39(41)38-25-32-14-10-9-13-31(32)24-35(38)26-40)21-28-17-20-37-33(22-28)15-5-3-2-4-6-16-36(37)34-19-18-29-11-7-8-12-30(29)23-34/h2-26H,1H3/b3-2?,4-2?,5-3?,6-4?,15-5?,16-6?,27-21-,33-15?,36-16?,37-36?. The van der Waals surface area contributed by atoms with Gasteiger partial charge in [-0.25, -0.2) is 0 Å². The Morgan fingerprint density at radius 3 is 1.93 bits per heavy atom. The molecule has 6 aromatic rings. The van der Waals surface area contributed by atoms with Crippen molar-refractivity contribution in [2.45, 2.75) is 6.92 Å². The van der Waals surface area contributed by atoms with Crippen LogP contribution in [0.15, 0.2) is 145 Å². The molecule has 0 amide bonds. The summed E-state index contributed by atoms with van der Waals surface area (Å²) in [5.74, 6) is -0.154. The van der Waals surface area contributed by atoms with Crippen LogP contribution >= 0.6 is 0 Å². The summed E-state index contributed by atoms with van der Waals surface area (Å²) in [6.45, 7) is 1.81. The summed E-state index contributed by atoms with van der Waals surface area (Å²) in [5.41, 5.74) is 4.57. The fourth-order valence-electron chi connectivity index (χ4n) is 5.34. The number of fused-ring (bicyclic) bond motifs is 3. The van der Waals surface area contributed by atoms with Gasteiger partial charge in [-0.15, -0.1) is 0 Å². The summed E-state index contributed by atoms with van der Waals surface area (Å²) in [5, 5.41) is 6.43. The molecule has 2 heteroatoms. The van der Waals surface area contributed by atoms with E-state index in [9.17, 15) is 9.59 Å². The highest BCUT2D eigenvalue weighted by atomic mass is 16.1. The van der Waals surface area contributed by atoms with E-state index in [1.165, 1.54) is 10.8 Å². The summed E-state index contributed by atoms with van der Waals surface area (Å²) in [6, 6.07) is 47.0. The van der Waals surface area contributed by atoms with Gasteiger partial charge in [0.25, 0.3) is 0 Å². The van der Waals surface area contributed by atoms with E-state index in [2.05, 4.69) is 72.8 Å². The van der Waals surface area contributed by atoms with Crippen molar-refractivity contribution in [1.29, 1.82) is 0 Å². The molecule has 0 aromatic heterocycles. The molecular weight excluding hydrogens is 500 g/mol. The summed E-state index contributed by atoms with van der Waals surface area (Å²) < 4.78 is 0. The van der Waals surface area contributed by atoms with Gasteiger partial charge in [-0.05, 0) is 91.8 Å². The molecule has 0 aliphatic heterocycles. The average molecular weight is 529 g/mol. The molecule has 0 atom stereocenters. The maximum atomic E-state index is 13.5. The zero-order chi connectivity index (χ0) is 28.2. The van der Waals surface area contributed by atoms with Gasteiger partial charge in [0.15, 0.2) is 12.1 Å². The Morgan fingerprint density at radius 2 is 1.17 bits per heavy atom. The minimum atomic E-state index is -0.154. The number of hydrogen-bond acceptors (Lipinski definition) is 2. The molecule has 0 N–H and O–H groups in total. The monoisotopic (exact) mass is 528 g/mol. The summed E-state index contributed by atoms with van der Waals surface area (Å²) >= 11 is 0. The first-order valence-electron chi connectivity index (χ1n) is 13.7. The van der Waals surface area contributed by atoms with Crippen molar-refractivity contribution in [1.82, 2.24) is 0 Å². The smallest absolute Gasteiger partial charge is 0.189 e. The van der Waals surface area contributed by atoms with Gasteiger partial charge in [0.1, 0.15) is 0 Å². The van der Waals surface area contributed by atoms with Gasteiger partial charge >= 0.3 is 0 Å². The number of carbonyl (C=O) groups excluding carboxylic acids is 2. The molecule has 0 radical (unpaired) electrons. The molecule has 0 unspecified atom stereocenters. The lowest BCUT2D eigenvalue weighted by atomic mass is 9.94. The van der Waals surface area contributed by atoms with Gasteiger partial charge < -0.3 is 0 Å². The Labute approximate surface area is 239 Å². The highest BCUT2D eigenvalue weighted by Gasteiger charge is 2.15. The highest BCUT2D eigenvalue weighted by molar-refractivity contribution is 6.16. The fourth-order valence-corrected chi connectivity index (χ4v) is 5.34. The largest absolute Gasteiger partial charge is 0.298 e. The summed E-state index contributed by atoms with van der Waals surface area (Å²) in [7, 11) is 0. The third kappa shape index (κ3) is 5.41. The maximum Gasteiger partial charge on any atom is 0.189 e. The average Bonchev–Trinajstić information content (AvgIpc) is 3.01. The van der Waals surface area contributed by atoms with Crippen LogP contribution in [0.25, 0.3) is 49.5 Å². The van der Waals surface area contributed by atoms with E-state index in [1.807, 2.05) is 73.7 Å². The summed E-state index contributed by atoms with van der Waals surface area (Å²) in [6.07, 6.45) is 2.66. The van der Waals surface area contributed by atoms with E-state index in [-0.39, 0.29) is 5.78 Å². The van der Waals surface area contributed by atoms with E-state index in [0.717, 1.165) is 44.5 Å². The molecular formula is C39H28O2. The topological polar surface area (TPSA) is 34.1 Å². The molecule has 0 saturated carbocycles. The van der Waals surface area contributed by atoms with Gasteiger partial charge in [-0.3, -0.25) is 9.59 Å². The minimum absolute atomic E-state index is 0.154. The number of benzene rings is 5. The first-order valence-corrected chi connectivity index (χ1v) is 13.7. The normalized spacial score (nSPS) is 11.4. The van der Waals surface area contributed by atoms with Crippen LogP contribution in [0.3, 0.4) is 0 Å². The molecule has 41 heavy (non-hydrogen) atoms. The van der Waals surface area contributed by atoms with Gasteiger partial charge in [0.05, 0.1) is 0 Å². The van der Waals surface area contributed by atoms with Gasteiger partial charge in [0.2, 0.25) is 0 Å². The van der Waals surface area contributed by atoms with Crippen molar-refractivity contribution in [2.75, 3.05) is 0 Å². The Morgan fingerprint density at radius 1 is 0.561 bits per heavy atom. The minimum Gasteiger partial charge on any atom is -0.298 e. The molecule has 2 nitrogen and oxygen atoms in total. The SMILES string of the molecule is C/C(=C/c1ccc2c(-c3ccc4ccccc4c3)cccccccc2c1)C(=O)c1cc2ccccc2cc1C=O. The third-order valence-corrected chi connectivity index (χ3v) is 7.44. The second-order valence-corrected chi connectivity index (χ2v) is 10.2. The molecule has 0 aliphatic carbocycles. The third-order valence-electron chi connectivity index (χ3n) is 7.44. The van der Waals surface area contributed by atoms with E-state index in [1.54, 1.807) is 6.07 Å². The van der Waals surface area contributed by atoms with Crippen molar-refractivity contribution < 1.29 is 9.59 Å². The van der Waals surface area contributed by atoms with Crippen molar-refractivity contribution in [3.05, 3.63) is 162 Å². The second-order valence-electron chi connectivity index (χ2n) is 10.2. The summed E-state index contributed by atoms with van der Waals surface area (Å²) in [4.78, 5) is 25.4. The lowest BCUT2D eigenvalue weighted by molar-refractivity contribution is 0.102. The fraction of sp³-hybridized carbons (Fsp3) is 0.0256. The lowest BCUT2D eigenvalue weighted by Gasteiger charge is -2.09. The van der Waals surface area contributed by atoms with Crippen molar-refractivity contribution in [2.24, 2.45) is 0 Å².